The van der Waals surface area contributed by atoms with Gasteiger partial charge in [0, 0.05) is 5.69 Å². The van der Waals surface area contributed by atoms with E-state index in [9.17, 15) is 0 Å². The van der Waals surface area contributed by atoms with Gasteiger partial charge in [0.1, 0.15) is 0 Å². The minimum atomic E-state index is 0.396. The number of hydrogen-bond donors (Lipinski definition) is 1. The highest BCUT2D eigenvalue weighted by Crippen LogP contribution is 2.35. The monoisotopic (exact) mass is 241 g/mol. The molecular formula is C16H24BN. The lowest BCUT2D eigenvalue weighted by atomic mass is 9.46. The van der Waals surface area contributed by atoms with E-state index in [0.717, 1.165) is 0 Å². The van der Waals surface area contributed by atoms with Crippen LogP contribution in [0.1, 0.15) is 46.1 Å². The van der Waals surface area contributed by atoms with Crippen LogP contribution < -0.4 is 5.23 Å². The number of nitrogens with one attached hydrogen (secondary N) is 1. The maximum atomic E-state index is 3.68. The Kier molecular flexibility index (Phi) is 3.84. The number of benzene rings is 1. The van der Waals surface area contributed by atoms with Gasteiger partial charge in [-0.15, -0.1) is 0 Å². The van der Waals surface area contributed by atoms with E-state index in [1.165, 1.54) is 24.1 Å². The Balaban J connectivity index is 2.12. The number of rotatable bonds is 3. The second-order valence-corrected chi connectivity index (χ2v) is 6.55. The molecule has 1 N–H and O–H groups in total. The van der Waals surface area contributed by atoms with Crippen LogP contribution in [0.2, 0.25) is 5.82 Å². The fraction of sp³-hybridized carbons (Fsp3) is 0.500. The van der Waals surface area contributed by atoms with Crippen molar-refractivity contribution in [3.63, 3.8) is 0 Å². The van der Waals surface area contributed by atoms with Crippen molar-refractivity contribution in [2.45, 2.75) is 46.4 Å². The molecule has 0 saturated heterocycles. The Hall–Kier alpha value is -1.18. The van der Waals surface area contributed by atoms with Crippen LogP contribution >= 0.6 is 0 Å². The zero-order valence-corrected chi connectivity index (χ0v) is 12.0. The molecule has 1 heterocycles. The fourth-order valence-corrected chi connectivity index (χ4v) is 2.80. The molecule has 0 fully saturated rings. The normalized spacial score (nSPS) is 16.1. The predicted molar refractivity (Wildman–Crippen MR) is 83.0 cm³/mol. The van der Waals surface area contributed by atoms with E-state index in [1.54, 1.807) is 0 Å². The lowest BCUT2D eigenvalue weighted by Gasteiger charge is -2.31. The first-order chi connectivity index (χ1) is 8.49. The molecule has 0 amide bonds. The van der Waals surface area contributed by atoms with E-state index >= 15 is 0 Å². The molecule has 0 aliphatic carbocycles. The van der Waals surface area contributed by atoms with Crippen LogP contribution in [0.5, 0.6) is 0 Å². The molecule has 1 aliphatic heterocycles. The van der Waals surface area contributed by atoms with Gasteiger partial charge in [0.15, 0.2) is 0 Å². The molecule has 1 atom stereocenters. The molecule has 0 saturated carbocycles. The van der Waals surface area contributed by atoms with Crippen LogP contribution in [0.15, 0.2) is 30.2 Å². The molecule has 1 aliphatic rings. The van der Waals surface area contributed by atoms with E-state index in [0.29, 0.717) is 18.1 Å². The zero-order valence-electron chi connectivity index (χ0n) is 12.0. The summed E-state index contributed by atoms with van der Waals surface area (Å²) in [5.41, 5.74) is 2.98. The largest absolute Gasteiger partial charge is 0.424 e. The topological polar surface area (TPSA) is 12.0 Å². The Morgan fingerprint density at radius 1 is 1.22 bits per heavy atom. The summed E-state index contributed by atoms with van der Waals surface area (Å²) in [4.78, 5) is 0. The second-order valence-electron chi connectivity index (χ2n) is 6.55. The average Bonchev–Trinajstić information content (AvgIpc) is 2.34. The Bertz CT molecular complexity index is 431. The van der Waals surface area contributed by atoms with Crippen molar-refractivity contribution in [2.24, 2.45) is 5.41 Å². The van der Waals surface area contributed by atoms with E-state index in [1.807, 2.05) is 0 Å². The van der Waals surface area contributed by atoms with E-state index in [-0.39, 0.29) is 0 Å². The average molecular weight is 241 g/mol. The van der Waals surface area contributed by atoms with Crippen molar-refractivity contribution >= 4 is 18.6 Å². The van der Waals surface area contributed by atoms with Crippen molar-refractivity contribution in [3.8, 4) is 0 Å². The molecule has 18 heavy (non-hydrogen) atoms. The van der Waals surface area contributed by atoms with Crippen molar-refractivity contribution in [1.29, 1.82) is 0 Å². The molecule has 1 unspecified atom stereocenters. The van der Waals surface area contributed by atoms with Gasteiger partial charge in [-0.3, -0.25) is 0 Å². The molecule has 2 heteroatoms. The van der Waals surface area contributed by atoms with Crippen molar-refractivity contribution in [1.82, 2.24) is 0 Å². The second kappa shape index (κ2) is 5.21. The van der Waals surface area contributed by atoms with Crippen molar-refractivity contribution < 1.29 is 0 Å². The Morgan fingerprint density at radius 3 is 2.61 bits per heavy atom. The maximum absolute atomic E-state index is 3.68. The molecule has 1 aromatic rings. The first-order valence-corrected chi connectivity index (χ1v) is 7.03. The highest BCUT2D eigenvalue weighted by atomic mass is 14.8. The van der Waals surface area contributed by atoms with Crippen LogP contribution in [0.3, 0.4) is 0 Å². The summed E-state index contributed by atoms with van der Waals surface area (Å²) < 4.78 is 0. The Morgan fingerprint density at radius 2 is 1.94 bits per heavy atom. The first-order valence-electron chi connectivity index (χ1n) is 7.03. The van der Waals surface area contributed by atoms with E-state index in [2.05, 4.69) is 69.2 Å². The van der Waals surface area contributed by atoms with Gasteiger partial charge < -0.3 is 5.23 Å². The van der Waals surface area contributed by atoms with E-state index in [4.69, 9.17) is 0 Å². The third kappa shape index (κ3) is 3.19. The van der Waals surface area contributed by atoms with Gasteiger partial charge in [0.05, 0.1) is 0 Å². The van der Waals surface area contributed by atoms with Crippen molar-refractivity contribution in [3.05, 3.63) is 35.8 Å². The highest BCUT2D eigenvalue weighted by molar-refractivity contribution is 6.70. The van der Waals surface area contributed by atoms with Crippen LogP contribution in [0.4, 0.5) is 5.69 Å². The maximum Gasteiger partial charge on any atom is 0.281 e. The number of anilines is 1. The molecule has 0 radical (unpaired) electrons. The summed E-state index contributed by atoms with van der Waals surface area (Å²) in [6, 6.07) is 8.54. The van der Waals surface area contributed by atoms with Crippen LogP contribution in [0.25, 0.3) is 6.08 Å². The fourth-order valence-electron chi connectivity index (χ4n) is 2.80. The van der Waals surface area contributed by atoms with Gasteiger partial charge in [-0.1, -0.05) is 64.4 Å². The summed E-state index contributed by atoms with van der Waals surface area (Å²) in [6.07, 6.45) is 4.75. The molecule has 0 spiro atoms. The highest BCUT2D eigenvalue weighted by Gasteiger charge is 2.28. The molecule has 96 valence electrons. The predicted octanol–water partition coefficient (Wildman–Crippen LogP) is 4.87. The first kappa shape index (κ1) is 13.3. The number of fused-ring (bicyclic) bond motifs is 1. The summed E-state index contributed by atoms with van der Waals surface area (Å²) in [7, 11) is 0. The summed E-state index contributed by atoms with van der Waals surface area (Å²) in [5.74, 6) is 3.04. The van der Waals surface area contributed by atoms with Gasteiger partial charge in [-0.2, -0.15) is 0 Å². The third-order valence-corrected chi connectivity index (χ3v) is 3.67. The minimum absolute atomic E-state index is 0.396. The minimum Gasteiger partial charge on any atom is -0.424 e. The Labute approximate surface area is 112 Å². The van der Waals surface area contributed by atoms with Gasteiger partial charge in [-0.05, 0) is 29.3 Å². The molecule has 0 bridgehead atoms. The van der Waals surface area contributed by atoms with Gasteiger partial charge >= 0.3 is 0 Å². The molecule has 2 rings (SSSR count). The summed E-state index contributed by atoms with van der Waals surface area (Å²) >= 11 is 0. The van der Waals surface area contributed by atoms with Crippen LogP contribution in [0, 0.1) is 5.41 Å². The number of hydrogen-bond acceptors (Lipinski definition) is 1. The molecular weight excluding hydrogens is 217 g/mol. The van der Waals surface area contributed by atoms with Gasteiger partial charge in [0.25, 0.3) is 6.85 Å². The lowest BCUT2D eigenvalue weighted by Crippen LogP contribution is -2.33. The quantitative estimate of drug-likeness (QED) is 0.744. The smallest absolute Gasteiger partial charge is 0.281 e. The van der Waals surface area contributed by atoms with Crippen molar-refractivity contribution in [2.75, 3.05) is 5.23 Å². The van der Waals surface area contributed by atoms with Crippen LogP contribution in [-0.4, -0.2) is 6.85 Å². The van der Waals surface area contributed by atoms with Gasteiger partial charge in [-0.25, -0.2) is 0 Å². The molecule has 1 nitrogen and oxygen atoms in total. The lowest BCUT2D eigenvalue weighted by molar-refractivity contribution is 0.361. The van der Waals surface area contributed by atoms with Crippen LogP contribution in [-0.2, 0) is 0 Å². The molecule has 1 aromatic carbocycles. The summed E-state index contributed by atoms with van der Waals surface area (Å²) in [6.45, 7) is 9.76. The van der Waals surface area contributed by atoms with Gasteiger partial charge in [0.2, 0.25) is 0 Å². The SMILES string of the molecule is CCC(CC(C)(C)C)B1C=Cc2ccccc2N1. The third-order valence-electron chi connectivity index (χ3n) is 3.67. The molecule has 0 aromatic heterocycles. The zero-order chi connectivity index (χ0) is 13.2. The van der Waals surface area contributed by atoms with E-state index < -0.39 is 0 Å². The summed E-state index contributed by atoms with van der Waals surface area (Å²) in [5, 5.41) is 3.68. The standard InChI is InChI=1S/C16H24BN/c1-5-14(12-16(2,3)4)17-11-10-13-8-6-7-9-15(13)18-17/h6-11,14,18H,5,12H2,1-4H3. The number of para-hydroxylation sites is 1.